The number of allylic oxidation sites excluding steroid dienone is 19. The Morgan fingerprint density at radius 2 is 1.69 bits per heavy atom. The Hall–Kier alpha value is -2.80. The molecule has 0 radical (unpaired) electrons. The lowest BCUT2D eigenvalue weighted by Gasteiger charge is -2.46. The molecular weight excluding hydrogens is 506 g/mol. The van der Waals surface area contributed by atoms with Crippen molar-refractivity contribution in [3.05, 3.63) is 119 Å². The molecule has 0 aromatic carbocycles. The van der Waals surface area contributed by atoms with E-state index >= 15 is 0 Å². The molecule has 7 aliphatic rings. The van der Waals surface area contributed by atoms with Crippen LogP contribution < -0.4 is 5.73 Å². The zero-order chi connectivity index (χ0) is 28.3. The van der Waals surface area contributed by atoms with Gasteiger partial charge in [-0.05, 0) is 142 Å². The highest BCUT2D eigenvalue weighted by molar-refractivity contribution is 5.48. The Morgan fingerprint density at radius 1 is 0.810 bits per heavy atom. The molecule has 0 heterocycles. The number of fused-ring (bicyclic) bond motifs is 3. The Bertz CT molecular complexity index is 1320. The summed E-state index contributed by atoms with van der Waals surface area (Å²) >= 11 is 0. The van der Waals surface area contributed by atoms with E-state index in [1.54, 1.807) is 28.5 Å². The van der Waals surface area contributed by atoms with E-state index in [-0.39, 0.29) is 0 Å². The zero-order valence-electron chi connectivity index (χ0n) is 25.5. The Balaban J connectivity index is 1.09. The van der Waals surface area contributed by atoms with Crippen LogP contribution in [0.25, 0.3) is 0 Å². The van der Waals surface area contributed by atoms with Gasteiger partial charge in [0, 0.05) is 11.8 Å². The van der Waals surface area contributed by atoms with Gasteiger partial charge in [-0.1, -0.05) is 96.2 Å². The van der Waals surface area contributed by atoms with Crippen molar-refractivity contribution in [3.63, 3.8) is 0 Å². The molecule has 0 aromatic heterocycles. The van der Waals surface area contributed by atoms with E-state index in [2.05, 4.69) is 85.1 Å². The Kier molecular flexibility index (Phi) is 8.55. The molecule has 42 heavy (non-hydrogen) atoms. The number of hydrogen-bond acceptors (Lipinski definition) is 1. The summed E-state index contributed by atoms with van der Waals surface area (Å²) in [7, 11) is 0. The van der Waals surface area contributed by atoms with Crippen LogP contribution in [-0.4, -0.2) is 0 Å². The van der Waals surface area contributed by atoms with Crippen molar-refractivity contribution >= 4 is 0 Å². The van der Waals surface area contributed by atoms with Gasteiger partial charge in [0.15, 0.2) is 0 Å². The summed E-state index contributed by atoms with van der Waals surface area (Å²) in [5, 5.41) is 0. The highest BCUT2D eigenvalue weighted by atomic mass is 14.5. The van der Waals surface area contributed by atoms with Crippen LogP contribution in [-0.2, 0) is 0 Å². The topological polar surface area (TPSA) is 26.0 Å². The van der Waals surface area contributed by atoms with Crippen molar-refractivity contribution in [1.82, 2.24) is 0 Å². The predicted octanol–water partition coefficient (Wildman–Crippen LogP) is 10.4. The van der Waals surface area contributed by atoms with Crippen molar-refractivity contribution in [1.29, 1.82) is 0 Å². The second kappa shape index (κ2) is 12.8. The molecular formula is C41H51N. The lowest BCUT2D eigenvalue weighted by molar-refractivity contribution is 0.155. The number of rotatable bonds is 7. The molecule has 8 unspecified atom stereocenters. The number of hydrogen-bond donors (Lipinski definition) is 1. The minimum Gasteiger partial charge on any atom is -0.405 e. The zero-order valence-corrected chi connectivity index (χ0v) is 25.5. The van der Waals surface area contributed by atoms with E-state index in [1.165, 1.54) is 70.6 Å². The van der Waals surface area contributed by atoms with Crippen LogP contribution in [0.1, 0.15) is 83.5 Å². The summed E-state index contributed by atoms with van der Waals surface area (Å²) in [6.45, 7) is 0. The molecule has 220 valence electrons. The van der Waals surface area contributed by atoms with Gasteiger partial charge in [-0.25, -0.2) is 0 Å². The predicted molar refractivity (Wildman–Crippen MR) is 178 cm³/mol. The lowest BCUT2D eigenvalue weighted by Crippen LogP contribution is -2.37. The maximum absolute atomic E-state index is 5.56. The van der Waals surface area contributed by atoms with Gasteiger partial charge in [-0.2, -0.15) is 0 Å². The molecule has 0 aromatic rings. The van der Waals surface area contributed by atoms with Crippen LogP contribution in [0, 0.1) is 47.3 Å². The minimum absolute atomic E-state index is 0.507. The van der Waals surface area contributed by atoms with E-state index < -0.39 is 0 Å². The molecule has 1 heteroatoms. The largest absolute Gasteiger partial charge is 0.405 e. The van der Waals surface area contributed by atoms with Crippen LogP contribution >= 0.6 is 0 Å². The van der Waals surface area contributed by atoms with Crippen molar-refractivity contribution in [2.24, 2.45) is 53.1 Å². The van der Waals surface area contributed by atoms with E-state index in [0.29, 0.717) is 11.8 Å². The van der Waals surface area contributed by atoms with Gasteiger partial charge in [0.05, 0.1) is 0 Å². The van der Waals surface area contributed by atoms with Gasteiger partial charge >= 0.3 is 0 Å². The molecule has 0 fully saturated rings. The first-order valence-electron chi connectivity index (χ1n) is 17.4. The van der Waals surface area contributed by atoms with E-state index in [9.17, 15) is 0 Å². The van der Waals surface area contributed by atoms with Crippen LogP contribution in [0.4, 0.5) is 0 Å². The van der Waals surface area contributed by atoms with Gasteiger partial charge < -0.3 is 5.73 Å². The fraction of sp³-hybridized carbons (Fsp3) is 0.512. The molecule has 2 N–H and O–H groups in total. The SMILES string of the molecule is N/C=C\CCCC1=CC=C(C2=CCC(C3=C4C=CCCC4C(C4C=CCC5CCC=CC54)CC3)CC2)C2C=CC=CC12. The average Bonchev–Trinajstić information content (AvgIpc) is 3.06. The summed E-state index contributed by atoms with van der Waals surface area (Å²) in [5.74, 6) is 5.81. The summed E-state index contributed by atoms with van der Waals surface area (Å²) in [6.07, 6.45) is 52.7. The first-order chi connectivity index (χ1) is 20.8. The Labute approximate surface area is 255 Å². The van der Waals surface area contributed by atoms with Crippen LogP contribution in [0.5, 0.6) is 0 Å². The highest BCUT2D eigenvalue weighted by Crippen LogP contribution is 2.53. The maximum atomic E-state index is 5.56. The van der Waals surface area contributed by atoms with Gasteiger partial charge in [0.1, 0.15) is 0 Å². The van der Waals surface area contributed by atoms with Crippen LogP contribution in [0.2, 0.25) is 0 Å². The molecule has 7 aliphatic carbocycles. The molecule has 0 saturated carbocycles. The lowest BCUT2D eigenvalue weighted by atomic mass is 9.58. The van der Waals surface area contributed by atoms with Gasteiger partial charge in [0.25, 0.3) is 0 Å². The average molecular weight is 558 g/mol. The number of nitrogens with two attached hydrogens (primary N) is 1. The summed E-state index contributed by atoms with van der Waals surface area (Å²) in [5.41, 5.74) is 14.0. The standard InChI is InChI=1S/C41H51N/c42-28-9-1-2-11-30-24-25-35(37-16-6-5-15-34(30)37)31-20-22-32(23-21-31)36-26-27-41(40-18-8-7-17-38(36)40)39-19-10-13-29-12-3-4-14-33(29)39/h4-7,9-10,14-17,19-20,24-25,28-29,32-34,37,39-41H,1-3,8,11-13,18,21-23,26-27,42H2/b28-9-. The first-order valence-corrected chi connectivity index (χ1v) is 17.4. The summed E-state index contributed by atoms with van der Waals surface area (Å²) < 4.78 is 0. The normalized spacial score (nSPS) is 37.2. The first kappa shape index (κ1) is 28.0. The van der Waals surface area contributed by atoms with Crippen LogP contribution in [0.15, 0.2) is 119 Å². The summed E-state index contributed by atoms with van der Waals surface area (Å²) in [4.78, 5) is 0. The van der Waals surface area contributed by atoms with E-state index in [4.69, 9.17) is 5.73 Å². The quantitative estimate of drug-likeness (QED) is 0.244. The molecule has 8 atom stereocenters. The monoisotopic (exact) mass is 557 g/mol. The highest BCUT2D eigenvalue weighted by Gasteiger charge is 2.42. The molecule has 1 nitrogen and oxygen atoms in total. The second-order valence-corrected chi connectivity index (χ2v) is 14.1. The van der Waals surface area contributed by atoms with Gasteiger partial charge in [-0.15, -0.1) is 0 Å². The van der Waals surface area contributed by atoms with Crippen molar-refractivity contribution < 1.29 is 0 Å². The second-order valence-electron chi connectivity index (χ2n) is 14.1. The minimum atomic E-state index is 0.507. The summed E-state index contributed by atoms with van der Waals surface area (Å²) in [6, 6.07) is 0. The Morgan fingerprint density at radius 3 is 2.57 bits per heavy atom. The maximum Gasteiger partial charge on any atom is 0.0124 e. The number of unbranched alkanes of at least 4 members (excludes halogenated alkanes) is 1. The van der Waals surface area contributed by atoms with Gasteiger partial charge in [0.2, 0.25) is 0 Å². The molecule has 0 aliphatic heterocycles. The molecule has 0 amide bonds. The van der Waals surface area contributed by atoms with Gasteiger partial charge in [-0.3, -0.25) is 0 Å². The van der Waals surface area contributed by atoms with E-state index in [1.807, 2.05) is 5.57 Å². The fourth-order valence-corrected chi connectivity index (χ4v) is 9.90. The van der Waals surface area contributed by atoms with E-state index in [0.717, 1.165) is 48.3 Å². The third kappa shape index (κ3) is 5.49. The fourth-order valence-electron chi connectivity index (χ4n) is 9.90. The molecule has 0 saturated heterocycles. The van der Waals surface area contributed by atoms with Crippen molar-refractivity contribution in [2.45, 2.75) is 83.5 Å². The molecule has 0 spiro atoms. The third-order valence-corrected chi connectivity index (χ3v) is 12.0. The third-order valence-electron chi connectivity index (χ3n) is 12.0. The van der Waals surface area contributed by atoms with Crippen molar-refractivity contribution in [3.8, 4) is 0 Å². The van der Waals surface area contributed by atoms with Crippen molar-refractivity contribution in [2.75, 3.05) is 0 Å². The van der Waals surface area contributed by atoms with Crippen LogP contribution in [0.3, 0.4) is 0 Å². The molecule has 0 bridgehead atoms. The smallest absolute Gasteiger partial charge is 0.0124 e. The molecule has 7 rings (SSSR count).